The van der Waals surface area contributed by atoms with E-state index in [4.69, 9.17) is 9.47 Å². The first kappa shape index (κ1) is 19.1. The summed E-state index contributed by atoms with van der Waals surface area (Å²) in [7, 11) is 0. The van der Waals surface area contributed by atoms with Gasteiger partial charge in [0, 0.05) is 16.8 Å². The molecule has 27 heavy (non-hydrogen) atoms. The summed E-state index contributed by atoms with van der Waals surface area (Å²) in [6, 6.07) is 19.0. The summed E-state index contributed by atoms with van der Waals surface area (Å²) in [4.78, 5) is 0. The minimum atomic E-state index is 0.139. The van der Waals surface area contributed by atoms with Gasteiger partial charge >= 0.3 is 0 Å². The van der Waals surface area contributed by atoms with E-state index in [1.165, 1.54) is 19.3 Å². The number of unbranched alkanes of at least 4 members (excludes halogenated alkanes) is 1. The highest BCUT2D eigenvalue weighted by molar-refractivity contribution is 5.95. The fraction of sp³-hybridized carbons (Fsp3) is 0.333. The number of benzene rings is 3. The van der Waals surface area contributed by atoms with Crippen LogP contribution in [0.4, 0.5) is 0 Å². The van der Waals surface area contributed by atoms with Gasteiger partial charge < -0.3 is 14.6 Å². The number of rotatable bonds is 9. The lowest BCUT2D eigenvalue weighted by Gasteiger charge is -2.18. The molecule has 3 nitrogen and oxygen atoms in total. The predicted octanol–water partition coefficient (Wildman–Crippen LogP) is 6.93. The Morgan fingerprint density at radius 2 is 1.59 bits per heavy atom. The van der Waals surface area contributed by atoms with Crippen LogP contribution < -0.4 is 9.47 Å². The molecule has 3 aromatic rings. The number of hydrogen-bond acceptors (Lipinski definition) is 3. The lowest BCUT2D eigenvalue weighted by Crippen LogP contribution is -2.11. The Morgan fingerprint density at radius 3 is 2.30 bits per heavy atom. The van der Waals surface area contributed by atoms with Crippen molar-refractivity contribution < 1.29 is 14.6 Å². The van der Waals surface area contributed by atoms with Crippen LogP contribution in [0.25, 0.3) is 10.8 Å². The first-order valence-electron chi connectivity index (χ1n) is 9.83. The molecular formula is C24H28O3. The molecule has 1 N–H and O–H groups in total. The Bertz CT molecular complexity index is 858. The molecule has 0 radical (unpaired) electrons. The summed E-state index contributed by atoms with van der Waals surface area (Å²) in [6.45, 7) is 5.10. The van der Waals surface area contributed by atoms with Crippen molar-refractivity contribution in [3.63, 3.8) is 0 Å². The van der Waals surface area contributed by atoms with Gasteiger partial charge in [-0.05, 0) is 24.5 Å². The van der Waals surface area contributed by atoms with Crippen LogP contribution in [0.3, 0.4) is 0 Å². The molecule has 0 saturated heterocycles. The van der Waals surface area contributed by atoms with E-state index in [1.807, 2.05) is 54.6 Å². The van der Waals surface area contributed by atoms with Crippen LogP contribution in [-0.2, 0) is 0 Å². The SMILES string of the molecule is CCCCC(CC)COc1cc(Oc2ccccc2)c(O)c2ccccc12. The molecule has 0 aromatic heterocycles. The van der Waals surface area contributed by atoms with E-state index < -0.39 is 0 Å². The second-order valence-corrected chi connectivity index (χ2v) is 6.91. The Balaban J connectivity index is 1.90. The Morgan fingerprint density at radius 1 is 0.889 bits per heavy atom. The van der Waals surface area contributed by atoms with Gasteiger partial charge in [0.1, 0.15) is 11.5 Å². The lowest BCUT2D eigenvalue weighted by atomic mass is 10.0. The fourth-order valence-corrected chi connectivity index (χ4v) is 3.22. The molecule has 0 spiro atoms. The normalized spacial score (nSPS) is 12.1. The van der Waals surface area contributed by atoms with Gasteiger partial charge in [0.25, 0.3) is 0 Å². The van der Waals surface area contributed by atoms with E-state index in [0.717, 1.165) is 22.9 Å². The molecule has 0 aliphatic carbocycles. The van der Waals surface area contributed by atoms with Crippen molar-refractivity contribution in [3.05, 3.63) is 60.7 Å². The van der Waals surface area contributed by atoms with Gasteiger partial charge in [-0.3, -0.25) is 0 Å². The third-order valence-electron chi connectivity index (χ3n) is 4.93. The first-order valence-corrected chi connectivity index (χ1v) is 9.83. The molecule has 1 unspecified atom stereocenters. The van der Waals surface area contributed by atoms with E-state index in [9.17, 15) is 5.11 Å². The smallest absolute Gasteiger partial charge is 0.173 e. The topological polar surface area (TPSA) is 38.7 Å². The van der Waals surface area contributed by atoms with Gasteiger partial charge in [-0.25, -0.2) is 0 Å². The molecule has 0 aliphatic rings. The summed E-state index contributed by atoms with van der Waals surface area (Å²) in [6.07, 6.45) is 4.70. The van der Waals surface area contributed by atoms with E-state index in [0.29, 0.717) is 24.0 Å². The molecule has 3 aromatic carbocycles. The van der Waals surface area contributed by atoms with Gasteiger partial charge in [-0.15, -0.1) is 0 Å². The van der Waals surface area contributed by atoms with Crippen molar-refractivity contribution >= 4 is 10.8 Å². The van der Waals surface area contributed by atoms with Crippen LogP contribution in [0, 0.1) is 5.92 Å². The zero-order valence-corrected chi connectivity index (χ0v) is 16.2. The molecule has 0 saturated carbocycles. The maximum absolute atomic E-state index is 10.7. The maximum atomic E-state index is 10.7. The van der Waals surface area contributed by atoms with Crippen molar-refractivity contribution in [3.8, 4) is 23.0 Å². The summed E-state index contributed by atoms with van der Waals surface area (Å²) in [5, 5.41) is 12.3. The van der Waals surface area contributed by atoms with Crippen molar-refractivity contribution in [1.29, 1.82) is 0 Å². The minimum absolute atomic E-state index is 0.139. The van der Waals surface area contributed by atoms with E-state index in [2.05, 4.69) is 13.8 Å². The Hall–Kier alpha value is -2.68. The minimum Gasteiger partial charge on any atom is -0.504 e. The number of para-hydroxylation sites is 1. The average molecular weight is 364 g/mol. The predicted molar refractivity (Wildman–Crippen MR) is 111 cm³/mol. The molecule has 0 fully saturated rings. The van der Waals surface area contributed by atoms with E-state index >= 15 is 0 Å². The quantitative estimate of drug-likeness (QED) is 0.447. The zero-order chi connectivity index (χ0) is 19.1. The van der Waals surface area contributed by atoms with Crippen LogP contribution >= 0.6 is 0 Å². The highest BCUT2D eigenvalue weighted by Crippen LogP contribution is 2.42. The number of fused-ring (bicyclic) bond motifs is 1. The largest absolute Gasteiger partial charge is 0.504 e. The second-order valence-electron chi connectivity index (χ2n) is 6.91. The highest BCUT2D eigenvalue weighted by Gasteiger charge is 2.15. The Kier molecular flexibility index (Phi) is 6.59. The van der Waals surface area contributed by atoms with Crippen LogP contribution in [0.5, 0.6) is 23.0 Å². The summed E-state index contributed by atoms with van der Waals surface area (Å²) in [5.74, 6) is 2.53. The van der Waals surface area contributed by atoms with Crippen molar-refractivity contribution in [1.82, 2.24) is 0 Å². The van der Waals surface area contributed by atoms with E-state index in [-0.39, 0.29) is 5.75 Å². The molecule has 0 aliphatic heterocycles. The lowest BCUT2D eigenvalue weighted by molar-refractivity contribution is 0.235. The molecule has 3 heteroatoms. The fourth-order valence-electron chi connectivity index (χ4n) is 3.22. The molecule has 0 heterocycles. The van der Waals surface area contributed by atoms with Crippen molar-refractivity contribution in [2.45, 2.75) is 39.5 Å². The number of phenols is 1. The third-order valence-corrected chi connectivity index (χ3v) is 4.93. The summed E-state index contributed by atoms with van der Waals surface area (Å²) < 4.78 is 12.1. The van der Waals surface area contributed by atoms with Crippen molar-refractivity contribution in [2.75, 3.05) is 6.61 Å². The molecule has 0 amide bonds. The highest BCUT2D eigenvalue weighted by atomic mass is 16.5. The molecular weight excluding hydrogens is 336 g/mol. The van der Waals surface area contributed by atoms with Gasteiger partial charge in [0.05, 0.1) is 6.61 Å². The van der Waals surface area contributed by atoms with Crippen LogP contribution in [-0.4, -0.2) is 11.7 Å². The molecule has 0 bridgehead atoms. The molecule has 1 atom stereocenters. The summed E-state index contributed by atoms with van der Waals surface area (Å²) in [5.41, 5.74) is 0. The number of ether oxygens (including phenoxy) is 2. The van der Waals surface area contributed by atoms with Gasteiger partial charge in [-0.1, -0.05) is 75.6 Å². The van der Waals surface area contributed by atoms with Crippen LogP contribution in [0.1, 0.15) is 39.5 Å². The van der Waals surface area contributed by atoms with Gasteiger partial charge in [0.15, 0.2) is 11.5 Å². The monoisotopic (exact) mass is 364 g/mol. The Labute approximate surface area is 161 Å². The van der Waals surface area contributed by atoms with Crippen molar-refractivity contribution in [2.24, 2.45) is 5.92 Å². The standard InChI is InChI=1S/C24H28O3/c1-3-5-11-18(4-2)17-26-22-16-23(27-19-12-7-6-8-13-19)24(25)21-15-10-9-14-20(21)22/h6-10,12-16,18,25H,3-5,11,17H2,1-2H3. The second kappa shape index (κ2) is 9.31. The average Bonchev–Trinajstić information content (AvgIpc) is 2.72. The number of phenolic OH excluding ortho intramolecular Hbond substituents is 1. The first-order chi connectivity index (χ1) is 13.2. The van der Waals surface area contributed by atoms with Crippen LogP contribution in [0.2, 0.25) is 0 Å². The molecule has 142 valence electrons. The van der Waals surface area contributed by atoms with Gasteiger partial charge in [-0.2, -0.15) is 0 Å². The van der Waals surface area contributed by atoms with Gasteiger partial charge in [0.2, 0.25) is 0 Å². The van der Waals surface area contributed by atoms with E-state index in [1.54, 1.807) is 6.07 Å². The number of aromatic hydroxyl groups is 1. The zero-order valence-electron chi connectivity index (χ0n) is 16.2. The van der Waals surface area contributed by atoms with Crippen LogP contribution in [0.15, 0.2) is 60.7 Å². The maximum Gasteiger partial charge on any atom is 0.173 e. The summed E-state index contributed by atoms with van der Waals surface area (Å²) >= 11 is 0. The third kappa shape index (κ3) is 4.73. The number of hydrogen-bond donors (Lipinski definition) is 1. The molecule has 3 rings (SSSR count).